The van der Waals surface area contributed by atoms with Crippen molar-refractivity contribution in [3.8, 4) is 0 Å². The number of carbonyl (C=O) groups is 1. The van der Waals surface area contributed by atoms with Gasteiger partial charge in [0.2, 0.25) is 0 Å². The van der Waals surface area contributed by atoms with Gasteiger partial charge < -0.3 is 4.74 Å². The minimum Gasteiger partial charge on any atom is -0.463 e. The standard InChI is InChI=1S/C31H62O2/c1-4-5-6-7-8-9-10-11-12-13-14-15-16-17-18-19-20-21-22-23-24-25-26-27-28-29-31(32)33-30(2)3/h30H,4-29H2,1-3H3. The summed E-state index contributed by atoms with van der Waals surface area (Å²) < 4.78 is 5.17. The molecule has 0 atom stereocenters. The van der Waals surface area contributed by atoms with Crippen molar-refractivity contribution in [1.82, 2.24) is 0 Å². The fourth-order valence-electron chi connectivity index (χ4n) is 4.73. The van der Waals surface area contributed by atoms with Crippen molar-refractivity contribution in [2.45, 2.75) is 194 Å². The Labute approximate surface area is 209 Å². The monoisotopic (exact) mass is 466 g/mol. The van der Waals surface area contributed by atoms with Gasteiger partial charge in [-0.1, -0.05) is 161 Å². The molecule has 0 aliphatic carbocycles. The van der Waals surface area contributed by atoms with Gasteiger partial charge >= 0.3 is 5.97 Å². The van der Waals surface area contributed by atoms with Gasteiger partial charge in [-0.05, 0) is 20.3 Å². The summed E-state index contributed by atoms with van der Waals surface area (Å²) in [5.41, 5.74) is 0. The van der Waals surface area contributed by atoms with Gasteiger partial charge in [0.15, 0.2) is 0 Å². The van der Waals surface area contributed by atoms with Crippen LogP contribution in [-0.2, 0) is 9.53 Å². The molecule has 0 N–H and O–H groups in total. The molecule has 0 unspecified atom stereocenters. The van der Waals surface area contributed by atoms with Crippen molar-refractivity contribution in [2.75, 3.05) is 0 Å². The molecule has 0 aromatic heterocycles. The molecule has 0 saturated heterocycles. The highest BCUT2D eigenvalue weighted by atomic mass is 16.5. The van der Waals surface area contributed by atoms with Crippen LogP contribution in [0.3, 0.4) is 0 Å². The zero-order valence-corrected chi connectivity index (χ0v) is 23.3. The first-order chi connectivity index (χ1) is 16.2. The van der Waals surface area contributed by atoms with E-state index in [1.165, 1.54) is 154 Å². The Hall–Kier alpha value is -0.530. The molecule has 0 spiro atoms. The number of rotatable bonds is 27. The average molecular weight is 467 g/mol. The first-order valence-electron chi connectivity index (χ1n) is 15.4. The van der Waals surface area contributed by atoms with E-state index in [1.807, 2.05) is 13.8 Å². The quantitative estimate of drug-likeness (QED) is 0.0888. The van der Waals surface area contributed by atoms with E-state index in [0.717, 1.165) is 6.42 Å². The lowest BCUT2D eigenvalue weighted by Crippen LogP contribution is -2.10. The molecule has 0 rings (SSSR count). The average Bonchev–Trinajstić information content (AvgIpc) is 2.78. The van der Waals surface area contributed by atoms with Crippen LogP contribution >= 0.6 is 0 Å². The van der Waals surface area contributed by atoms with Crippen LogP contribution in [0.15, 0.2) is 0 Å². The fourth-order valence-corrected chi connectivity index (χ4v) is 4.73. The molecule has 198 valence electrons. The minimum absolute atomic E-state index is 0.0247. The fraction of sp³-hybridized carbons (Fsp3) is 0.968. The molecule has 0 amide bonds. The number of unbranched alkanes of at least 4 members (excludes halogenated alkanes) is 24. The number of hydrogen-bond donors (Lipinski definition) is 0. The minimum atomic E-state index is -0.0286. The summed E-state index contributed by atoms with van der Waals surface area (Å²) in [6, 6.07) is 0. The lowest BCUT2D eigenvalue weighted by atomic mass is 10.0. The van der Waals surface area contributed by atoms with Gasteiger partial charge in [0.25, 0.3) is 0 Å². The third-order valence-electron chi connectivity index (χ3n) is 6.85. The Balaban J connectivity index is 3.06. The Morgan fingerprint density at radius 3 is 0.939 bits per heavy atom. The van der Waals surface area contributed by atoms with Gasteiger partial charge in [0.05, 0.1) is 6.10 Å². The molecule has 0 radical (unpaired) electrons. The lowest BCUT2D eigenvalue weighted by Gasteiger charge is -2.07. The van der Waals surface area contributed by atoms with Gasteiger partial charge in [-0.3, -0.25) is 4.79 Å². The first-order valence-corrected chi connectivity index (χ1v) is 15.4. The summed E-state index contributed by atoms with van der Waals surface area (Å²) in [5.74, 6) is -0.0286. The van der Waals surface area contributed by atoms with Crippen molar-refractivity contribution in [1.29, 1.82) is 0 Å². The van der Waals surface area contributed by atoms with Crippen molar-refractivity contribution < 1.29 is 9.53 Å². The number of hydrogen-bond acceptors (Lipinski definition) is 2. The molecule has 33 heavy (non-hydrogen) atoms. The third kappa shape index (κ3) is 29.4. The lowest BCUT2D eigenvalue weighted by molar-refractivity contribution is -0.147. The molecule has 0 saturated carbocycles. The molecule has 0 heterocycles. The van der Waals surface area contributed by atoms with E-state index < -0.39 is 0 Å². The smallest absolute Gasteiger partial charge is 0.306 e. The molecule has 0 aliphatic heterocycles. The van der Waals surface area contributed by atoms with Crippen LogP contribution < -0.4 is 0 Å². The van der Waals surface area contributed by atoms with Crippen molar-refractivity contribution in [3.63, 3.8) is 0 Å². The second kappa shape index (κ2) is 27.7. The summed E-state index contributed by atoms with van der Waals surface area (Å²) in [6.45, 7) is 6.13. The second-order valence-corrected chi connectivity index (χ2v) is 10.8. The maximum Gasteiger partial charge on any atom is 0.306 e. The first kappa shape index (κ1) is 32.5. The van der Waals surface area contributed by atoms with Crippen LogP contribution in [0.5, 0.6) is 0 Å². The number of ether oxygens (including phenoxy) is 1. The Bertz CT molecular complexity index is 377. The van der Waals surface area contributed by atoms with Gasteiger partial charge in [0.1, 0.15) is 0 Å². The molecule has 0 bridgehead atoms. The van der Waals surface area contributed by atoms with Crippen LogP contribution in [0.2, 0.25) is 0 Å². The predicted molar refractivity (Wildman–Crippen MR) is 147 cm³/mol. The van der Waals surface area contributed by atoms with Gasteiger partial charge in [0, 0.05) is 6.42 Å². The van der Waals surface area contributed by atoms with Crippen molar-refractivity contribution in [3.05, 3.63) is 0 Å². The maximum atomic E-state index is 11.5. The van der Waals surface area contributed by atoms with E-state index in [9.17, 15) is 4.79 Å². The van der Waals surface area contributed by atoms with Gasteiger partial charge in [-0.15, -0.1) is 0 Å². The zero-order valence-electron chi connectivity index (χ0n) is 23.3. The van der Waals surface area contributed by atoms with Gasteiger partial charge in [-0.25, -0.2) is 0 Å². The van der Waals surface area contributed by atoms with Crippen LogP contribution in [0.1, 0.15) is 188 Å². The molecular weight excluding hydrogens is 404 g/mol. The zero-order chi connectivity index (χ0) is 24.2. The SMILES string of the molecule is CCCCCCCCCCCCCCCCCCCCCCCCCCCC(=O)OC(C)C. The van der Waals surface area contributed by atoms with E-state index in [1.54, 1.807) is 0 Å². The van der Waals surface area contributed by atoms with Crippen LogP contribution in [0.4, 0.5) is 0 Å². The van der Waals surface area contributed by atoms with Crippen LogP contribution in [0, 0.1) is 0 Å². The third-order valence-corrected chi connectivity index (χ3v) is 6.85. The molecule has 2 heteroatoms. The number of carbonyl (C=O) groups excluding carboxylic acids is 1. The van der Waals surface area contributed by atoms with Crippen molar-refractivity contribution in [2.24, 2.45) is 0 Å². The largest absolute Gasteiger partial charge is 0.463 e. The van der Waals surface area contributed by atoms with Crippen LogP contribution in [-0.4, -0.2) is 12.1 Å². The molecule has 2 nitrogen and oxygen atoms in total. The highest BCUT2D eigenvalue weighted by molar-refractivity contribution is 5.69. The summed E-state index contributed by atoms with van der Waals surface area (Å²) in [5, 5.41) is 0. The Kier molecular flexibility index (Phi) is 27.3. The van der Waals surface area contributed by atoms with Crippen LogP contribution in [0.25, 0.3) is 0 Å². The highest BCUT2D eigenvalue weighted by Gasteiger charge is 2.04. The van der Waals surface area contributed by atoms with E-state index >= 15 is 0 Å². The Morgan fingerprint density at radius 1 is 0.455 bits per heavy atom. The topological polar surface area (TPSA) is 26.3 Å². The molecule has 0 aliphatic rings. The van der Waals surface area contributed by atoms with Crippen molar-refractivity contribution >= 4 is 5.97 Å². The van der Waals surface area contributed by atoms with E-state index in [0.29, 0.717) is 6.42 Å². The van der Waals surface area contributed by atoms with Gasteiger partial charge in [-0.2, -0.15) is 0 Å². The number of esters is 1. The maximum absolute atomic E-state index is 11.5. The highest BCUT2D eigenvalue weighted by Crippen LogP contribution is 2.16. The summed E-state index contributed by atoms with van der Waals surface area (Å²) >= 11 is 0. The summed E-state index contributed by atoms with van der Waals surface area (Å²) in [6.07, 6.45) is 35.8. The molecule has 0 fully saturated rings. The van der Waals surface area contributed by atoms with E-state index in [4.69, 9.17) is 4.74 Å². The molecule has 0 aromatic rings. The molecular formula is C31H62O2. The van der Waals surface area contributed by atoms with E-state index in [-0.39, 0.29) is 12.1 Å². The summed E-state index contributed by atoms with van der Waals surface area (Å²) in [7, 11) is 0. The Morgan fingerprint density at radius 2 is 0.697 bits per heavy atom. The summed E-state index contributed by atoms with van der Waals surface area (Å²) in [4.78, 5) is 11.5. The normalized spacial score (nSPS) is 11.4. The predicted octanol–water partition coefficient (Wildman–Crippen LogP) is 11.1. The molecule has 0 aromatic carbocycles. The second-order valence-electron chi connectivity index (χ2n) is 10.8. The van der Waals surface area contributed by atoms with E-state index in [2.05, 4.69) is 6.92 Å².